The van der Waals surface area contributed by atoms with Gasteiger partial charge in [0.15, 0.2) is 0 Å². The second-order valence-corrected chi connectivity index (χ2v) is 20.6. The lowest BCUT2D eigenvalue weighted by Gasteiger charge is -2.42. The molecule has 0 radical (unpaired) electrons. The Morgan fingerprint density at radius 2 is 1.62 bits per heavy atom. The molecule has 0 amide bonds. The van der Waals surface area contributed by atoms with E-state index in [1.54, 1.807) is 39.1 Å². The fraction of sp³-hybridized carbons (Fsp3) is 0.424. The highest BCUT2D eigenvalue weighted by Gasteiger charge is 2.44. The van der Waals surface area contributed by atoms with Crippen LogP contribution in [0.15, 0.2) is 161 Å². The lowest BCUT2D eigenvalue weighted by atomic mass is 9.67. The zero-order valence-corrected chi connectivity index (χ0v) is 36.6. The highest BCUT2D eigenvalue weighted by atomic mass is 15.2. The molecular formula is C59H64N2. The minimum absolute atomic E-state index is 0.0489. The van der Waals surface area contributed by atoms with Crippen molar-refractivity contribution in [1.29, 1.82) is 0 Å². The minimum atomic E-state index is 0.0489. The van der Waals surface area contributed by atoms with Crippen molar-refractivity contribution in [1.82, 2.24) is 4.90 Å². The van der Waals surface area contributed by atoms with E-state index in [1.807, 2.05) is 0 Å². The van der Waals surface area contributed by atoms with Crippen LogP contribution >= 0.6 is 0 Å². The minimum Gasteiger partial charge on any atom is -0.364 e. The first-order valence-electron chi connectivity index (χ1n) is 24.4. The van der Waals surface area contributed by atoms with Crippen molar-refractivity contribution in [3.63, 3.8) is 0 Å². The average molecular weight is 801 g/mol. The summed E-state index contributed by atoms with van der Waals surface area (Å²) in [6.45, 7) is 4.94. The first-order valence-corrected chi connectivity index (χ1v) is 24.4. The molecule has 2 heteroatoms. The zero-order valence-electron chi connectivity index (χ0n) is 36.6. The summed E-state index contributed by atoms with van der Waals surface area (Å²) in [6, 6.07) is 18.0. The molecule has 12 rings (SSSR count). The molecule has 10 aliphatic rings. The molecule has 2 aromatic carbocycles. The van der Waals surface area contributed by atoms with Gasteiger partial charge in [0, 0.05) is 40.4 Å². The highest BCUT2D eigenvalue weighted by molar-refractivity contribution is 5.66. The normalized spacial score (nSPS) is 32.7. The van der Waals surface area contributed by atoms with E-state index in [-0.39, 0.29) is 5.41 Å². The molecule has 0 aromatic heterocycles. The van der Waals surface area contributed by atoms with Crippen LogP contribution in [0.5, 0.6) is 0 Å². The molecule has 0 saturated heterocycles. The fourth-order valence-electron chi connectivity index (χ4n) is 14.1. The number of fused-ring (bicyclic) bond motifs is 7. The molecule has 9 aliphatic carbocycles. The van der Waals surface area contributed by atoms with Crippen molar-refractivity contribution < 1.29 is 0 Å². The SMILES string of the molecule is CC1(C)C2=CC=CCC2c2ccc(N(C3=CC=C(C4=CCCC(N5C6=C(C=CCC6)C6C=c7ccccc7=CC65)C4)CC3)C3C=CC(C4=CCCC5CC=CCC45)CC3)cc21. The van der Waals surface area contributed by atoms with E-state index in [0.717, 1.165) is 43.9 Å². The first kappa shape index (κ1) is 37.9. The van der Waals surface area contributed by atoms with Crippen molar-refractivity contribution in [3.8, 4) is 0 Å². The first-order chi connectivity index (χ1) is 30.0. The number of anilines is 1. The fourth-order valence-corrected chi connectivity index (χ4v) is 14.1. The maximum atomic E-state index is 2.91. The Labute approximate surface area is 365 Å². The van der Waals surface area contributed by atoms with Gasteiger partial charge in [0.25, 0.3) is 0 Å². The summed E-state index contributed by atoms with van der Waals surface area (Å²) in [4.78, 5) is 5.69. The maximum absolute atomic E-state index is 2.91. The highest BCUT2D eigenvalue weighted by Crippen LogP contribution is 2.54. The smallest absolute Gasteiger partial charge is 0.0586 e. The van der Waals surface area contributed by atoms with Gasteiger partial charge in [-0.25, -0.2) is 0 Å². The molecule has 310 valence electrons. The van der Waals surface area contributed by atoms with Gasteiger partial charge in [-0.2, -0.15) is 0 Å². The Morgan fingerprint density at radius 3 is 2.49 bits per heavy atom. The van der Waals surface area contributed by atoms with E-state index in [2.05, 4.69) is 157 Å². The van der Waals surface area contributed by atoms with Gasteiger partial charge in [0.2, 0.25) is 0 Å². The van der Waals surface area contributed by atoms with Crippen LogP contribution in [-0.2, 0) is 5.41 Å². The van der Waals surface area contributed by atoms with E-state index >= 15 is 0 Å². The standard InChI is InChI=1S/C59H64N2/c1-59(2)55-23-9-7-20-51(55)52-34-33-48(38-56(52)59)60(46-31-27-41(28-32-46)50-22-12-16-40-13-5-6-19-49(40)50)45-29-25-39(26-30-45)42-17-11-18-47(35-42)61-57-24-10-8-21-53(57)54-36-43-14-3-4-15-44(43)37-58(54)61/h3-9,14-15,17,21-23,25,27,29,31,33-34,36-38,40-41,46-47,49,51,54,58H,10-13,16,18-20,24,26,28,30,32,35H2,1-2H3. The molecule has 61 heavy (non-hydrogen) atoms. The van der Waals surface area contributed by atoms with E-state index in [1.165, 1.54) is 85.2 Å². The molecule has 2 nitrogen and oxygen atoms in total. The van der Waals surface area contributed by atoms with Crippen molar-refractivity contribution in [2.45, 2.75) is 133 Å². The van der Waals surface area contributed by atoms with E-state index < -0.39 is 0 Å². The summed E-state index contributed by atoms with van der Waals surface area (Å²) in [5.74, 6) is 3.20. The number of hydrogen-bond donors (Lipinski definition) is 0. The Bertz CT molecular complexity index is 2590. The molecule has 0 spiro atoms. The van der Waals surface area contributed by atoms with E-state index in [0.29, 0.717) is 35.9 Å². The third kappa shape index (κ3) is 6.40. The predicted molar refractivity (Wildman–Crippen MR) is 255 cm³/mol. The summed E-state index contributed by atoms with van der Waals surface area (Å²) < 4.78 is 0. The molecule has 0 fully saturated rings. The average Bonchev–Trinajstić information content (AvgIpc) is 3.76. The van der Waals surface area contributed by atoms with Gasteiger partial charge in [-0.05, 0) is 164 Å². The molecular weight excluding hydrogens is 737 g/mol. The topological polar surface area (TPSA) is 6.48 Å². The summed E-state index contributed by atoms with van der Waals surface area (Å²) >= 11 is 0. The molecule has 8 unspecified atom stereocenters. The Hall–Kier alpha value is -4.82. The van der Waals surface area contributed by atoms with Gasteiger partial charge in [-0.3, -0.25) is 0 Å². The van der Waals surface area contributed by atoms with Crippen LogP contribution in [-0.4, -0.2) is 23.0 Å². The van der Waals surface area contributed by atoms with Crippen molar-refractivity contribution in [2.75, 3.05) is 4.90 Å². The maximum Gasteiger partial charge on any atom is 0.0586 e. The number of hydrogen-bond acceptors (Lipinski definition) is 2. The van der Waals surface area contributed by atoms with Crippen LogP contribution in [0.25, 0.3) is 12.2 Å². The van der Waals surface area contributed by atoms with Crippen molar-refractivity contribution in [3.05, 3.63) is 182 Å². The molecule has 2 aromatic rings. The van der Waals surface area contributed by atoms with Gasteiger partial charge < -0.3 is 9.80 Å². The summed E-state index contributed by atoms with van der Waals surface area (Å²) in [5, 5.41) is 2.81. The van der Waals surface area contributed by atoms with Crippen LogP contribution in [0.3, 0.4) is 0 Å². The Kier molecular flexibility index (Phi) is 9.45. The lowest BCUT2D eigenvalue weighted by Crippen LogP contribution is -2.45. The number of rotatable bonds is 6. The second kappa shape index (κ2) is 15.2. The quantitative estimate of drug-likeness (QED) is 0.269. The largest absolute Gasteiger partial charge is 0.364 e. The second-order valence-electron chi connectivity index (χ2n) is 20.6. The van der Waals surface area contributed by atoms with Crippen LogP contribution in [0.4, 0.5) is 5.69 Å². The molecule has 1 aliphatic heterocycles. The molecule has 1 heterocycles. The van der Waals surface area contributed by atoms with Crippen LogP contribution in [0, 0.1) is 23.7 Å². The van der Waals surface area contributed by atoms with Gasteiger partial charge in [-0.1, -0.05) is 140 Å². The van der Waals surface area contributed by atoms with Crippen LogP contribution < -0.4 is 15.3 Å². The summed E-state index contributed by atoms with van der Waals surface area (Å²) in [7, 11) is 0. The van der Waals surface area contributed by atoms with Crippen molar-refractivity contribution >= 4 is 17.8 Å². The van der Waals surface area contributed by atoms with Gasteiger partial charge >= 0.3 is 0 Å². The number of benzene rings is 2. The van der Waals surface area contributed by atoms with Crippen molar-refractivity contribution in [2.24, 2.45) is 23.7 Å². The Morgan fingerprint density at radius 1 is 0.738 bits per heavy atom. The number of allylic oxidation sites excluding steroid dienone is 17. The molecule has 0 bridgehead atoms. The molecule has 8 atom stereocenters. The predicted octanol–water partition coefficient (Wildman–Crippen LogP) is 12.7. The number of nitrogens with zero attached hydrogens (tertiary/aromatic N) is 2. The zero-order chi connectivity index (χ0) is 40.7. The van der Waals surface area contributed by atoms with E-state index in [9.17, 15) is 0 Å². The monoisotopic (exact) mass is 801 g/mol. The van der Waals surface area contributed by atoms with Gasteiger partial charge in [-0.15, -0.1) is 0 Å². The third-order valence-corrected chi connectivity index (χ3v) is 17.1. The van der Waals surface area contributed by atoms with E-state index in [4.69, 9.17) is 0 Å². The lowest BCUT2D eigenvalue weighted by molar-refractivity contribution is 0.207. The Balaban J connectivity index is 0.850. The van der Waals surface area contributed by atoms with Gasteiger partial charge in [0.1, 0.15) is 0 Å². The van der Waals surface area contributed by atoms with Gasteiger partial charge in [0.05, 0.1) is 12.1 Å². The van der Waals surface area contributed by atoms with Crippen LogP contribution in [0.1, 0.15) is 121 Å². The summed E-state index contributed by atoms with van der Waals surface area (Å²) in [6.07, 6.45) is 54.5. The molecule has 0 N–H and O–H groups in total. The molecule has 0 saturated carbocycles. The van der Waals surface area contributed by atoms with Crippen LogP contribution in [0.2, 0.25) is 0 Å². The third-order valence-electron chi connectivity index (χ3n) is 17.1. The summed E-state index contributed by atoms with van der Waals surface area (Å²) in [5.41, 5.74) is 15.8.